The first-order valence-corrected chi connectivity index (χ1v) is 7.70. The predicted octanol–water partition coefficient (Wildman–Crippen LogP) is 0.0133. The lowest BCUT2D eigenvalue weighted by molar-refractivity contribution is -0.146. The smallest absolute Gasteiger partial charge is 0.329 e. The maximum atomic E-state index is 11.9. The summed E-state index contributed by atoms with van der Waals surface area (Å²) < 4.78 is 5.12. The molecule has 0 unspecified atom stereocenters. The number of likely N-dealkylation sites (tertiary alicyclic amines) is 1. The van der Waals surface area contributed by atoms with Crippen molar-refractivity contribution in [1.82, 2.24) is 10.3 Å². The number of benzene rings is 1. The lowest BCUT2D eigenvalue weighted by Gasteiger charge is -2.25. The molecule has 0 radical (unpaired) electrons. The summed E-state index contributed by atoms with van der Waals surface area (Å²) in [6, 6.07) is 6.67. The van der Waals surface area contributed by atoms with Gasteiger partial charge in [0, 0.05) is 13.1 Å². The van der Waals surface area contributed by atoms with E-state index in [1.807, 2.05) is 0 Å². The molecule has 1 aliphatic rings. The van der Waals surface area contributed by atoms with Gasteiger partial charge in [0.05, 0.1) is 6.21 Å². The number of rotatable bonds is 5. The lowest BCUT2D eigenvalue weighted by Crippen LogP contribution is -2.43. The van der Waals surface area contributed by atoms with E-state index in [9.17, 15) is 14.4 Å². The van der Waals surface area contributed by atoms with E-state index in [0.29, 0.717) is 24.4 Å². The highest BCUT2D eigenvalue weighted by Gasteiger charge is 2.22. The van der Waals surface area contributed by atoms with Crippen molar-refractivity contribution in [3.63, 3.8) is 0 Å². The summed E-state index contributed by atoms with van der Waals surface area (Å²) in [5, 5.41) is 3.77. The van der Waals surface area contributed by atoms with E-state index in [1.54, 1.807) is 29.2 Å². The molecular weight excluding hydrogens is 312 g/mol. The van der Waals surface area contributed by atoms with Crippen LogP contribution in [-0.4, -0.2) is 48.5 Å². The number of primary amides is 1. The van der Waals surface area contributed by atoms with Crippen LogP contribution in [0.4, 0.5) is 0 Å². The fourth-order valence-electron chi connectivity index (χ4n) is 2.26. The molecule has 1 heterocycles. The van der Waals surface area contributed by atoms with Gasteiger partial charge in [0.15, 0.2) is 6.61 Å². The highest BCUT2D eigenvalue weighted by atomic mass is 16.5. The highest BCUT2D eigenvalue weighted by molar-refractivity contribution is 6.35. The van der Waals surface area contributed by atoms with Crippen molar-refractivity contribution in [2.75, 3.05) is 19.7 Å². The summed E-state index contributed by atoms with van der Waals surface area (Å²) in [7, 11) is 0. The molecule has 1 fully saturated rings. The maximum absolute atomic E-state index is 11.9. The van der Waals surface area contributed by atoms with Crippen LogP contribution in [0, 0.1) is 0 Å². The molecular formula is C16H20N4O4. The van der Waals surface area contributed by atoms with Crippen LogP contribution in [0.3, 0.4) is 0 Å². The zero-order chi connectivity index (χ0) is 17.4. The van der Waals surface area contributed by atoms with Crippen molar-refractivity contribution in [2.45, 2.75) is 19.3 Å². The summed E-state index contributed by atoms with van der Waals surface area (Å²) in [6.45, 7) is 1.04. The molecule has 0 saturated carbocycles. The van der Waals surface area contributed by atoms with Gasteiger partial charge in [0.1, 0.15) is 5.75 Å². The highest BCUT2D eigenvalue weighted by Crippen LogP contribution is 2.11. The summed E-state index contributed by atoms with van der Waals surface area (Å²) >= 11 is 0. The number of nitrogens with zero attached hydrogens (tertiary/aromatic N) is 2. The van der Waals surface area contributed by atoms with Crippen LogP contribution in [0.15, 0.2) is 29.4 Å². The number of nitrogens with one attached hydrogen (secondary N) is 1. The summed E-state index contributed by atoms with van der Waals surface area (Å²) in [5.41, 5.74) is 7.92. The number of amides is 3. The van der Waals surface area contributed by atoms with Crippen molar-refractivity contribution >= 4 is 23.9 Å². The normalized spacial score (nSPS) is 14.4. The molecule has 1 aromatic rings. The zero-order valence-corrected chi connectivity index (χ0v) is 13.2. The second-order valence-electron chi connectivity index (χ2n) is 5.38. The minimum absolute atomic E-state index is 0.192. The summed E-state index contributed by atoms with van der Waals surface area (Å²) in [4.78, 5) is 35.8. The van der Waals surface area contributed by atoms with Gasteiger partial charge < -0.3 is 15.4 Å². The minimum Gasteiger partial charge on any atom is -0.484 e. The number of piperidine rings is 1. The van der Waals surface area contributed by atoms with Crippen molar-refractivity contribution in [3.8, 4) is 5.75 Å². The van der Waals surface area contributed by atoms with Gasteiger partial charge in [-0.1, -0.05) is 0 Å². The Labute approximate surface area is 139 Å². The Balaban J connectivity index is 1.81. The topological polar surface area (TPSA) is 114 Å². The second kappa shape index (κ2) is 8.66. The Morgan fingerprint density at radius 2 is 1.83 bits per heavy atom. The molecule has 0 atom stereocenters. The molecule has 0 spiro atoms. The molecule has 0 aliphatic carbocycles. The molecule has 1 aromatic carbocycles. The fourth-order valence-corrected chi connectivity index (χ4v) is 2.26. The number of carbonyl (C=O) groups is 3. The molecule has 128 valence electrons. The van der Waals surface area contributed by atoms with Gasteiger partial charge in [0.2, 0.25) is 0 Å². The maximum Gasteiger partial charge on any atom is 0.329 e. The van der Waals surface area contributed by atoms with E-state index in [2.05, 4.69) is 10.5 Å². The van der Waals surface area contributed by atoms with Gasteiger partial charge in [-0.2, -0.15) is 5.10 Å². The average Bonchev–Trinajstić information content (AvgIpc) is 2.61. The Kier molecular flexibility index (Phi) is 6.30. The first kappa shape index (κ1) is 17.5. The van der Waals surface area contributed by atoms with Gasteiger partial charge in [-0.25, -0.2) is 5.43 Å². The zero-order valence-electron chi connectivity index (χ0n) is 13.2. The number of carbonyl (C=O) groups excluding carboxylic acids is 3. The monoisotopic (exact) mass is 332 g/mol. The third-order valence-electron chi connectivity index (χ3n) is 3.48. The molecule has 0 aromatic heterocycles. The van der Waals surface area contributed by atoms with Crippen LogP contribution < -0.4 is 15.9 Å². The molecule has 8 nitrogen and oxygen atoms in total. The number of hydrogen-bond acceptors (Lipinski definition) is 5. The van der Waals surface area contributed by atoms with Crippen LogP contribution in [0.5, 0.6) is 5.75 Å². The largest absolute Gasteiger partial charge is 0.484 e. The molecule has 3 amide bonds. The van der Waals surface area contributed by atoms with Gasteiger partial charge in [0.25, 0.3) is 5.91 Å². The van der Waals surface area contributed by atoms with Crippen molar-refractivity contribution in [3.05, 3.63) is 29.8 Å². The third kappa shape index (κ3) is 5.38. The lowest BCUT2D eigenvalue weighted by atomic mass is 10.1. The van der Waals surface area contributed by atoms with Gasteiger partial charge in [-0.3, -0.25) is 14.4 Å². The van der Waals surface area contributed by atoms with E-state index in [1.165, 1.54) is 6.21 Å². The fraction of sp³-hybridized carbons (Fsp3) is 0.375. The van der Waals surface area contributed by atoms with E-state index in [-0.39, 0.29) is 6.61 Å². The summed E-state index contributed by atoms with van der Waals surface area (Å²) in [5.74, 6) is -1.35. The SMILES string of the molecule is NC(=O)COc1ccc(/C=N\NC(=O)C(=O)N2CCCCC2)cc1. The molecule has 1 saturated heterocycles. The molecule has 8 heteroatoms. The van der Waals surface area contributed by atoms with Crippen molar-refractivity contribution in [1.29, 1.82) is 0 Å². The Bertz CT molecular complexity index is 621. The number of hydrazone groups is 1. The number of nitrogens with two attached hydrogens (primary N) is 1. The first-order valence-electron chi connectivity index (χ1n) is 7.70. The Morgan fingerprint density at radius 3 is 2.46 bits per heavy atom. The molecule has 3 N–H and O–H groups in total. The van der Waals surface area contributed by atoms with E-state index in [0.717, 1.165) is 19.3 Å². The van der Waals surface area contributed by atoms with Crippen molar-refractivity contribution in [2.24, 2.45) is 10.8 Å². The van der Waals surface area contributed by atoms with Crippen molar-refractivity contribution < 1.29 is 19.1 Å². The van der Waals surface area contributed by atoms with Crippen LogP contribution in [0.2, 0.25) is 0 Å². The van der Waals surface area contributed by atoms with Crippen LogP contribution in [0.1, 0.15) is 24.8 Å². The molecule has 24 heavy (non-hydrogen) atoms. The Hall–Kier alpha value is -2.90. The number of ether oxygens (including phenoxy) is 1. The molecule has 0 bridgehead atoms. The van der Waals surface area contributed by atoms with E-state index >= 15 is 0 Å². The molecule has 2 rings (SSSR count). The molecule has 1 aliphatic heterocycles. The third-order valence-corrected chi connectivity index (χ3v) is 3.48. The first-order chi connectivity index (χ1) is 11.6. The van der Waals surface area contributed by atoms with E-state index < -0.39 is 17.7 Å². The Morgan fingerprint density at radius 1 is 1.17 bits per heavy atom. The quantitative estimate of drug-likeness (QED) is 0.449. The average molecular weight is 332 g/mol. The predicted molar refractivity (Wildman–Crippen MR) is 87.3 cm³/mol. The number of hydrogen-bond donors (Lipinski definition) is 2. The van der Waals surface area contributed by atoms with Gasteiger partial charge in [-0.05, 0) is 49.1 Å². The standard InChI is InChI=1S/C16H20N4O4/c17-14(21)11-24-13-6-4-12(5-7-13)10-18-19-15(22)16(23)20-8-2-1-3-9-20/h4-7,10H,1-3,8-9,11H2,(H2,17,21)(H,19,22)/b18-10-. The van der Waals surface area contributed by atoms with Gasteiger partial charge >= 0.3 is 11.8 Å². The van der Waals surface area contributed by atoms with E-state index in [4.69, 9.17) is 10.5 Å². The van der Waals surface area contributed by atoms with Crippen LogP contribution >= 0.6 is 0 Å². The summed E-state index contributed by atoms with van der Waals surface area (Å²) in [6.07, 6.45) is 4.35. The minimum atomic E-state index is -0.741. The van der Waals surface area contributed by atoms with Crippen LogP contribution in [-0.2, 0) is 14.4 Å². The van der Waals surface area contributed by atoms with Gasteiger partial charge in [-0.15, -0.1) is 0 Å². The second-order valence-corrected chi connectivity index (χ2v) is 5.38. The van der Waals surface area contributed by atoms with Crippen LogP contribution in [0.25, 0.3) is 0 Å².